The molecule has 4 heterocycles. The van der Waals surface area contributed by atoms with Crippen molar-refractivity contribution < 1.29 is 23.1 Å². The number of fused-ring (bicyclic) bond motifs is 3. The molecule has 4 rings (SSSR count). The van der Waals surface area contributed by atoms with Crippen molar-refractivity contribution in [3.8, 4) is 0 Å². The normalized spacial score (nSPS) is 20.6. The van der Waals surface area contributed by atoms with E-state index in [1.54, 1.807) is 0 Å². The number of aliphatic hydroxyl groups excluding tert-OH is 1. The number of amides is 2. The van der Waals surface area contributed by atoms with Crippen LogP contribution in [0.2, 0.25) is 0 Å². The van der Waals surface area contributed by atoms with Crippen molar-refractivity contribution in [2.45, 2.75) is 38.3 Å². The Morgan fingerprint density at radius 1 is 1.45 bits per heavy atom. The molecule has 2 aliphatic heterocycles. The van der Waals surface area contributed by atoms with E-state index in [-0.39, 0.29) is 61.0 Å². The van der Waals surface area contributed by atoms with Gasteiger partial charge in [0.25, 0.3) is 5.92 Å². The average molecular weight is 474 g/mol. The molecule has 11 heteroatoms. The zero-order valence-electron chi connectivity index (χ0n) is 15.3. The molecule has 29 heavy (non-hydrogen) atoms. The van der Waals surface area contributed by atoms with Gasteiger partial charge in [-0.15, -0.1) is 0 Å². The summed E-state index contributed by atoms with van der Waals surface area (Å²) in [5.41, 5.74) is 0.651. The third-order valence-electron chi connectivity index (χ3n) is 5.38. The van der Waals surface area contributed by atoms with Crippen LogP contribution in [0.15, 0.2) is 16.9 Å². The van der Waals surface area contributed by atoms with Crippen LogP contribution >= 0.6 is 15.9 Å². The summed E-state index contributed by atoms with van der Waals surface area (Å²) < 4.78 is 45.0. The second-order valence-electron chi connectivity index (χ2n) is 7.31. The quantitative estimate of drug-likeness (QED) is 0.655. The van der Waals surface area contributed by atoms with Crippen LogP contribution in [-0.4, -0.2) is 44.0 Å². The second-order valence-corrected chi connectivity index (χ2v) is 8.06. The summed E-state index contributed by atoms with van der Waals surface area (Å²) in [4.78, 5) is 17.7. The van der Waals surface area contributed by atoms with Crippen molar-refractivity contribution in [1.29, 1.82) is 0 Å². The number of pyridine rings is 1. The van der Waals surface area contributed by atoms with Gasteiger partial charge in [0.1, 0.15) is 10.3 Å². The van der Waals surface area contributed by atoms with Crippen LogP contribution in [0, 0.1) is 11.7 Å². The standard InChI is InChI=1S/C18H19BrF3N5O2/c19-16-14(20)13(2-5-23-16)24-17(29)26-6-3-12-11(8-26)15-18(21,22)4-1-10(9-28)7-27(15)25-12/h2,5,10,28H,1,3-4,6-9H2,(H,23,24,29)/t10-/m1/s1. The number of carbonyl (C=O) groups is 1. The smallest absolute Gasteiger partial charge is 0.322 e. The van der Waals surface area contributed by atoms with E-state index in [2.05, 4.69) is 31.3 Å². The fourth-order valence-electron chi connectivity index (χ4n) is 3.84. The van der Waals surface area contributed by atoms with Gasteiger partial charge in [-0.3, -0.25) is 4.68 Å². The Labute approximate surface area is 173 Å². The summed E-state index contributed by atoms with van der Waals surface area (Å²) in [6.45, 7) is 0.278. The third-order valence-corrected chi connectivity index (χ3v) is 5.93. The van der Waals surface area contributed by atoms with Crippen molar-refractivity contribution in [2.75, 3.05) is 18.5 Å². The van der Waals surface area contributed by atoms with Gasteiger partial charge in [-0.25, -0.2) is 14.2 Å². The first-order valence-corrected chi connectivity index (χ1v) is 10.0. The number of alkyl halides is 2. The van der Waals surface area contributed by atoms with E-state index in [1.165, 1.54) is 21.8 Å². The average Bonchev–Trinajstić information content (AvgIpc) is 3.00. The van der Waals surface area contributed by atoms with E-state index in [4.69, 9.17) is 0 Å². The number of carbonyl (C=O) groups excluding carboxylic acids is 1. The van der Waals surface area contributed by atoms with Gasteiger partial charge in [0, 0.05) is 50.2 Å². The number of nitrogens with zero attached hydrogens (tertiary/aromatic N) is 4. The van der Waals surface area contributed by atoms with Crippen LogP contribution in [0.25, 0.3) is 0 Å². The van der Waals surface area contributed by atoms with Crippen molar-refractivity contribution in [2.24, 2.45) is 5.92 Å². The molecule has 0 fully saturated rings. The first-order valence-electron chi connectivity index (χ1n) is 9.24. The lowest BCUT2D eigenvalue weighted by atomic mass is 9.98. The highest BCUT2D eigenvalue weighted by atomic mass is 79.9. The van der Waals surface area contributed by atoms with Gasteiger partial charge >= 0.3 is 6.03 Å². The molecule has 2 aromatic heterocycles. The highest BCUT2D eigenvalue weighted by Crippen LogP contribution is 2.41. The lowest BCUT2D eigenvalue weighted by Gasteiger charge is -2.28. The monoisotopic (exact) mass is 473 g/mol. The summed E-state index contributed by atoms with van der Waals surface area (Å²) in [6.07, 6.45) is 1.48. The number of urea groups is 1. The molecule has 156 valence electrons. The Balaban J connectivity index is 1.59. The number of nitrogens with one attached hydrogen (secondary N) is 1. The number of aromatic nitrogens is 3. The van der Waals surface area contributed by atoms with Gasteiger partial charge < -0.3 is 15.3 Å². The van der Waals surface area contributed by atoms with Crippen LogP contribution in [-0.2, 0) is 25.4 Å². The van der Waals surface area contributed by atoms with Crippen molar-refractivity contribution in [3.63, 3.8) is 0 Å². The van der Waals surface area contributed by atoms with E-state index in [9.17, 15) is 23.1 Å². The van der Waals surface area contributed by atoms with Gasteiger partial charge in [-0.05, 0) is 28.4 Å². The van der Waals surface area contributed by atoms with Crippen LogP contribution in [0.5, 0.6) is 0 Å². The van der Waals surface area contributed by atoms with E-state index in [0.717, 1.165) is 0 Å². The predicted octanol–water partition coefficient (Wildman–Crippen LogP) is 3.26. The molecule has 0 bridgehead atoms. The number of anilines is 1. The summed E-state index contributed by atoms with van der Waals surface area (Å²) in [5.74, 6) is -4.08. The van der Waals surface area contributed by atoms with E-state index in [0.29, 0.717) is 17.7 Å². The maximum Gasteiger partial charge on any atom is 0.322 e. The van der Waals surface area contributed by atoms with E-state index < -0.39 is 17.8 Å². The van der Waals surface area contributed by atoms with Crippen molar-refractivity contribution in [1.82, 2.24) is 19.7 Å². The first-order chi connectivity index (χ1) is 13.8. The fraction of sp³-hybridized carbons (Fsp3) is 0.500. The number of rotatable bonds is 2. The minimum atomic E-state index is -3.09. The molecule has 2 aromatic rings. The van der Waals surface area contributed by atoms with Crippen LogP contribution in [0.3, 0.4) is 0 Å². The largest absolute Gasteiger partial charge is 0.396 e. The lowest BCUT2D eigenvalue weighted by molar-refractivity contribution is -0.0226. The number of aliphatic hydroxyl groups is 1. The lowest BCUT2D eigenvalue weighted by Crippen LogP contribution is -2.39. The van der Waals surface area contributed by atoms with Gasteiger partial charge in [0.2, 0.25) is 0 Å². The molecule has 0 radical (unpaired) electrons. The maximum atomic E-state index is 14.8. The van der Waals surface area contributed by atoms with Gasteiger partial charge in [-0.1, -0.05) is 0 Å². The minimum absolute atomic E-state index is 0.0312. The molecule has 2 aliphatic rings. The van der Waals surface area contributed by atoms with E-state index in [1.807, 2.05) is 0 Å². The molecule has 0 saturated heterocycles. The zero-order chi connectivity index (χ0) is 20.8. The van der Waals surface area contributed by atoms with Crippen LogP contribution < -0.4 is 5.32 Å². The highest BCUT2D eigenvalue weighted by Gasteiger charge is 2.43. The van der Waals surface area contributed by atoms with Crippen molar-refractivity contribution in [3.05, 3.63) is 39.6 Å². The maximum absolute atomic E-state index is 14.8. The Bertz CT molecular complexity index is 952. The van der Waals surface area contributed by atoms with Gasteiger partial charge in [0.05, 0.1) is 17.9 Å². The van der Waals surface area contributed by atoms with Crippen molar-refractivity contribution >= 4 is 27.6 Å². The Morgan fingerprint density at radius 2 is 2.24 bits per heavy atom. The molecule has 2 amide bonds. The fourth-order valence-corrected chi connectivity index (χ4v) is 4.17. The molecule has 0 saturated carbocycles. The number of hydrogen-bond acceptors (Lipinski definition) is 4. The van der Waals surface area contributed by atoms with Crippen LogP contribution in [0.4, 0.5) is 23.7 Å². The molecular weight excluding hydrogens is 455 g/mol. The SMILES string of the molecule is O=C(Nc1ccnc(Br)c1F)N1CCc2nn3c(c2C1)C(F)(F)CC[C@@H](CO)C3. The number of halogens is 4. The Hall–Kier alpha value is -2.14. The summed E-state index contributed by atoms with van der Waals surface area (Å²) in [7, 11) is 0. The highest BCUT2D eigenvalue weighted by molar-refractivity contribution is 9.10. The topological polar surface area (TPSA) is 83.3 Å². The van der Waals surface area contributed by atoms with E-state index >= 15 is 0 Å². The summed E-state index contributed by atoms with van der Waals surface area (Å²) in [6, 6.07) is 0.737. The molecule has 0 aliphatic carbocycles. The molecule has 0 unspecified atom stereocenters. The van der Waals surface area contributed by atoms with Crippen LogP contribution in [0.1, 0.15) is 29.8 Å². The molecule has 2 N–H and O–H groups in total. The molecular formula is C18H19BrF3N5O2. The summed E-state index contributed by atoms with van der Waals surface area (Å²) >= 11 is 2.96. The zero-order valence-corrected chi connectivity index (χ0v) is 16.9. The van der Waals surface area contributed by atoms with Gasteiger partial charge in [0.15, 0.2) is 5.82 Å². The minimum Gasteiger partial charge on any atom is -0.396 e. The van der Waals surface area contributed by atoms with Gasteiger partial charge in [-0.2, -0.15) is 13.9 Å². The third kappa shape index (κ3) is 3.73. The second kappa shape index (κ2) is 7.60. The Morgan fingerprint density at radius 3 is 3.00 bits per heavy atom. The molecule has 0 spiro atoms. The Kier molecular flexibility index (Phi) is 5.28. The molecule has 1 atom stereocenters. The first kappa shape index (κ1) is 20.1. The number of hydrogen-bond donors (Lipinski definition) is 2. The molecule has 0 aromatic carbocycles. The predicted molar refractivity (Wildman–Crippen MR) is 101 cm³/mol. The molecule has 7 nitrogen and oxygen atoms in total. The summed E-state index contributed by atoms with van der Waals surface area (Å²) in [5, 5.41) is 16.2.